The highest BCUT2D eigenvalue weighted by molar-refractivity contribution is 6.13. The number of piperazine rings is 1. The van der Waals surface area contributed by atoms with Crippen molar-refractivity contribution < 1.29 is 14.3 Å². The number of likely N-dealkylation sites (N-methyl/N-ethyl adjacent to an activating group) is 1. The maximum atomic E-state index is 13.2. The van der Waals surface area contributed by atoms with Gasteiger partial charge in [0.15, 0.2) is 17.3 Å². The van der Waals surface area contributed by atoms with Crippen LogP contribution in [0.15, 0.2) is 36.4 Å². The summed E-state index contributed by atoms with van der Waals surface area (Å²) in [6.45, 7) is 3.70. The Morgan fingerprint density at radius 3 is 2.31 bits per heavy atom. The molecule has 26 heavy (non-hydrogen) atoms. The number of hydrogen-bond donors (Lipinski definition) is 1. The van der Waals surface area contributed by atoms with Gasteiger partial charge in [-0.15, -0.1) is 0 Å². The Hall–Kier alpha value is -2.73. The van der Waals surface area contributed by atoms with Gasteiger partial charge < -0.3 is 25.0 Å². The van der Waals surface area contributed by atoms with Gasteiger partial charge in [-0.1, -0.05) is 0 Å². The van der Waals surface area contributed by atoms with Crippen LogP contribution in [0.5, 0.6) is 11.5 Å². The molecule has 0 saturated carbocycles. The lowest BCUT2D eigenvalue weighted by Gasteiger charge is -2.35. The quantitative estimate of drug-likeness (QED) is 0.655. The van der Waals surface area contributed by atoms with Crippen molar-refractivity contribution in [2.45, 2.75) is 0 Å². The van der Waals surface area contributed by atoms with E-state index in [9.17, 15) is 4.79 Å². The monoisotopic (exact) mass is 355 g/mol. The summed E-state index contributed by atoms with van der Waals surface area (Å²) in [6, 6.07) is 10.7. The fourth-order valence-electron chi connectivity index (χ4n) is 3.19. The summed E-state index contributed by atoms with van der Waals surface area (Å²) in [7, 11) is 5.24. The van der Waals surface area contributed by atoms with Gasteiger partial charge in [0.2, 0.25) is 0 Å². The molecule has 2 aromatic carbocycles. The average molecular weight is 355 g/mol. The van der Waals surface area contributed by atoms with Crippen LogP contribution in [0.1, 0.15) is 15.9 Å². The molecule has 0 radical (unpaired) electrons. The summed E-state index contributed by atoms with van der Waals surface area (Å²) in [5, 5.41) is 0. The van der Waals surface area contributed by atoms with Crippen molar-refractivity contribution in [3.8, 4) is 11.5 Å². The first-order valence-electron chi connectivity index (χ1n) is 8.63. The molecule has 1 heterocycles. The number of nitrogen functional groups attached to an aromatic ring is 1. The van der Waals surface area contributed by atoms with Crippen LogP contribution in [0.25, 0.3) is 0 Å². The van der Waals surface area contributed by atoms with Crippen molar-refractivity contribution in [1.29, 1.82) is 0 Å². The summed E-state index contributed by atoms with van der Waals surface area (Å²) < 4.78 is 10.6. The van der Waals surface area contributed by atoms with E-state index in [0.29, 0.717) is 28.3 Å². The smallest absolute Gasteiger partial charge is 0.195 e. The van der Waals surface area contributed by atoms with Gasteiger partial charge in [-0.25, -0.2) is 0 Å². The largest absolute Gasteiger partial charge is 0.493 e. The minimum atomic E-state index is -0.0767. The maximum Gasteiger partial charge on any atom is 0.195 e. The van der Waals surface area contributed by atoms with Gasteiger partial charge in [0.05, 0.1) is 14.2 Å². The highest BCUT2D eigenvalue weighted by atomic mass is 16.5. The van der Waals surface area contributed by atoms with E-state index in [0.717, 1.165) is 31.9 Å². The molecule has 1 aliphatic heterocycles. The van der Waals surface area contributed by atoms with E-state index in [4.69, 9.17) is 15.2 Å². The molecule has 0 atom stereocenters. The van der Waals surface area contributed by atoms with Crippen molar-refractivity contribution in [3.05, 3.63) is 47.5 Å². The number of methoxy groups -OCH3 is 2. The summed E-state index contributed by atoms with van der Waals surface area (Å²) in [5.41, 5.74) is 8.63. The Labute approximate surface area is 154 Å². The van der Waals surface area contributed by atoms with Crippen molar-refractivity contribution in [2.75, 3.05) is 58.1 Å². The molecular formula is C20H25N3O3. The maximum absolute atomic E-state index is 13.2. The molecule has 1 aliphatic rings. The van der Waals surface area contributed by atoms with Crippen molar-refractivity contribution in [3.63, 3.8) is 0 Å². The summed E-state index contributed by atoms with van der Waals surface area (Å²) >= 11 is 0. The number of ether oxygens (including phenoxy) is 2. The molecule has 1 saturated heterocycles. The number of nitrogens with zero attached hydrogens (tertiary/aromatic N) is 2. The fourth-order valence-corrected chi connectivity index (χ4v) is 3.19. The zero-order valence-corrected chi connectivity index (χ0v) is 15.5. The molecule has 2 aromatic rings. The number of ketones is 1. The van der Waals surface area contributed by atoms with E-state index in [1.54, 1.807) is 38.5 Å². The average Bonchev–Trinajstić information content (AvgIpc) is 2.67. The zero-order valence-electron chi connectivity index (χ0n) is 15.5. The Morgan fingerprint density at radius 2 is 1.65 bits per heavy atom. The predicted octanol–water partition coefficient (Wildman–Crippen LogP) is 2.27. The van der Waals surface area contributed by atoms with Crippen LogP contribution in [0, 0.1) is 0 Å². The molecule has 3 rings (SSSR count). The van der Waals surface area contributed by atoms with E-state index < -0.39 is 0 Å². The Morgan fingerprint density at radius 1 is 0.962 bits per heavy atom. The minimum Gasteiger partial charge on any atom is -0.493 e. The number of nitrogens with two attached hydrogens (primary N) is 1. The van der Waals surface area contributed by atoms with E-state index in [1.165, 1.54) is 0 Å². The minimum absolute atomic E-state index is 0.0767. The molecule has 0 unspecified atom stereocenters. The molecule has 1 fully saturated rings. The first kappa shape index (κ1) is 18.1. The number of rotatable bonds is 5. The van der Waals surface area contributed by atoms with Gasteiger partial charge in [0.1, 0.15) is 0 Å². The molecule has 0 bridgehead atoms. The van der Waals surface area contributed by atoms with Crippen molar-refractivity contribution >= 4 is 17.2 Å². The lowest BCUT2D eigenvalue weighted by Crippen LogP contribution is -2.45. The van der Waals surface area contributed by atoms with Gasteiger partial charge in [-0.05, 0) is 43.4 Å². The normalized spacial score (nSPS) is 15.0. The zero-order chi connectivity index (χ0) is 18.7. The Balaban J connectivity index is 1.97. The third-order valence-corrected chi connectivity index (χ3v) is 4.75. The molecule has 2 N–H and O–H groups in total. The van der Waals surface area contributed by atoms with Gasteiger partial charge >= 0.3 is 0 Å². The van der Waals surface area contributed by atoms with Gasteiger partial charge in [-0.3, -0.25) is 4.79 Å². The lowest BCUT2D eigenvalue weighted by molar-refractivity contribution is 0.103. The van der Waals surface area contributed by atoms with Gasteiger partial charge in [-0.2, -0.15) is 0 Å². The molecule has 0 amide bonds. The van der Waals surface area contributed by atoms with E-state index in [1.807, 2.05) is 12.1 Å². The number of carbonyl (C=O) groups is 1. The summed E-state index contributed by atoms with van der Waals surface area (Å²) in [4.78, 5) is 17.7. The molecule has 6 heteroatoms. The van der Waals surface area contributed by atoms with Crippen LogP contribution in [-0.4, -0.2) is 58.1 Å². The molecular weight excluding hydrogens is 330 g/mol. The highest BCUT2D eigenvalue weighted by Gasteiger charge is 2.22. The topological polar surface area (TPSA) is 68.0 Å². The molecule has 0 aliphatic carbocycles. The Kier molecular flexibility index (Phi) is 5.32. The first-order chi connectivity index (χ1) is 12.5. The summed E-state index contributed by atoms with van der Waals surface area (Å²) in [6.07, 6.45) is 0. The summed E-state index contributed by atoms with van der Waals surface area (Å²) in [5.74, 6) is 1.05. The predicted molar refractivity (Wildman–Crippen MR) is 104 cm³/mol. The standard InChI is InChI=1S/C20H25N3O3/c1-22-8-10-23(11-9-22)17-6-5-15(21)13-16(17)20(24)14-4-7-18(25-2)19(12-14)26-3/h4-7,12-13H,8-11,21H2,1-3H3. The van der Waals surface area contributed by atoms with Gasteiger partial charge in [0, 0.05) is 48.7 Å². The molecule has 138 valence electrons. The second-order valence-corrected chi connectivity index (χ2v) is 6.47. The van der Waals surface area contributed by atoms with Crippen LogP contribution in [0.3, 0.4) is 0 Å². The highest BCUT2D eigenvalue weighted by Crippen LogP contribution is 2.31. The van der Waals surface area contributed by atoms with Crippen LogP contribution >= 0.6 is 0 Å². The third kappa shape index (κ3) is 3.60. The second-order valence-electron chi connectivity index (χ2n) is 6.47. The van der Waals surface area contributed by atoms with Crippen LogP contribution in [-0.2, 0) is 0 Å². The molecule has 0 aromatic heterocycles. The van der Waals surface area contributed by atoms with Crippen LogP contribution in [0.2, 0.25) is 0 Å². The van der Waals surface area contributed by atoms with Crippen molar-refractivity contribution in [2.24, 2.45) is 0 Å². The fraction of sp³-hybridized carbons (Fsp3) is 0.350. The van der Waals surface area contributed by atoms with Crippen LogP contribution < -0.4 is 20.1 Å². The number of anilines is 2. The van der Waals surface area contributed by atoms with E-state index in [-0.39, 0.29) is 5.78 Å². The van der Waals surface area contributed by atoms with E-state index in [2.05, 4.69) is 16.8 Å². The second kappa shape index (κ2) is 7.66. The molecule has 0 spiro atoms. The first-order valence-corrected chi connectivity index (χ1v) is 8.63. The lowest BCUT2D eigenvalue weighted by atomic mass is 9.99. The molecule has 6 nitrogen and oxygen atoms in total. The SMILES string of the molecule is COc1ccc(C(=O)c2cc(N)ccc2N2CCN(C)CC2)cc1OC. The van der Waals surface area contributed by atoms with Crippen LogP contribution in [0.4, 0.5) is 11.4 Å². The van der Waals surface area contributed by atoms with Crippen molar-refractivity contribution in [1.82, 2.24) is 4.90 Å². The Bertz CT molecular complexity index is 799. The van der Waals surface area contributed by atoms with E-state index >= 15 is 0 Å². The number of benzene rings is 2. The van der Waals surface area contributed by atoms with Gasteiger partial charge in [0.25, 0.3) is 0 Å². The number of hydrogen-bond acceptors (Lipinski definition) is 6. The third-order valence-electron chi connectivity index (χ3n) is 4.75. The number of carbonyl (C=O) groups excluding carboxylic acids is 1.